The van der Waals surface area contributed by atoms with E-state index in [0.29, 0.717) is 18.5 Å². The molecule has 0 radical (unpaired) electrons. The Kier molecular flexibility index (Phi) is 28.9. The van der Waals surface area contributed by atoms with Crippen LogP contribution in [0.3, 0.4) is 0 Å². The molecule has 56 heavy (non-hydrogen) atoms. The third kappa shape index (κ3) is 18.6. The Morgan fingerprint density at radius 2 is 1.54 bits per heavy atom. The second-order valence-electron chi connectivity index (χ2n) is 13.6. The number of nitrogens with zero attached hydrogens (tertiary/aromatic N) is 1. The minimum atomic E-state index is -4.00. The van der Waals surface area contributed by atoms with Gasteiger partial charge >= 0.3 is 6.18 Å². The zero-order chi connectivity index (χ0) is 43.5. The summed E-state index contributed by atoms with van der Waals surface area (Å²) < 4.78 is 65.0. The number of alkyl halides is 3. The lowest BCUT2D eigenvalue weighted by Crippen LogP contribution is -2.37. The average molecular weight is 814 g/mol. The number of sulfonamides is 1. The third-order valence-corrected chi connectivity index (χ3v) is 10.6. The van der Waals surface area contributed by atoms with E-state index in [2.05, 4.69) is 60.5 Å². The summed E-state index contributed by atoms with van der Waals surface area (Å²) in [5, 5.41) is 2.96. The quantitative estimate of drug-likeness (QED) is 0.155. The molecule has 3 fully saturated rings. The molecule has 3 aliphatic rings. The number of halogens is 3. The van der Waals surface area contributed by atoms with Crippen LogP contribution in [0.15, 0.2) is 61.2 Å². The summed E-state index contributed by atoms with van der Waals surface area (Å²) in [6.07, 6.45) is 5.82. The predicted octanol–water partition coefficient (Wildman–Crippen LogP) is 12.2. The summed E-state index contributed by atoms with van der Waals surface area (Å²) in [5.41, 5.74) is 3.94. The van der Waals surface area contributed by atoms with Crippen molar-refractivity contribution in [3.8, 4) is 5.75 Å². The molecule has 324 valence electrons. The van der Waals surface area contributed by atoms with Crippen LogP contribution in [-0.4, -0.2) is 49.3 Å². The van der Waals surface area contributed by atoms with Crippen molar-refractivity contribution in [1.29, 1.82) is 0 Å². The molecule has 11 heteroatoms. The summed E-state index contributed by atoms with van der Waals surface area (Å²) in [5.74, 6) is 0.733. The molecule has 1 spiro atoms. The fraction of sp³-hybridized carbons (Fsp3) is 0.667. The van der Waals surface area contributed by atoms with Crippen LogP contribution in [-0.2, 0) is 27.9 Å². The lowest BCUT2D eigenvalue weighted by atomic mass is 9.74. The molecule has 0 bridgehead atoms. The molecule has 0 aromatic heterocycles. The maximum atomic E-state index is 11.6. The van der Waals surface area contributed by atoms with Gasteiger partial charge in [0, 0.05) is 48.6 Å². The number of hydrogen-bond donors (Lipinski definition) is 2. The number of benzene rings is 2. The van der Waals surface area contributed by atoms with E-state index in [9.17, 15) is 26.4 Å². The monoisotopic (exact) mass is 814 g/mol. The van der Waals surface area contributed by atoms with E-state index in [1.807, 2.05) is 85.7 Å². The summed E-state index contributed by atoms with van der Waals surface area (Å²) in [4.78, 5) is 14.3. The second-order valence-corrected chi connectivity index (χ2v) is 15.4. The first-order valence-corrected chi connectivity index (χ1v) is 22.8. The molecule has 2 N–H and O–H groups in total. The number of carbonyl (C=O) groups is 1. The van der Waals surface area contributed by atoms with E-state index in [1.54, 1.807) is 0 Å². The molecule has 2 aliphatic carbocycles. The van der Waals surface area contributed by atoms with Gasteiger partial charge in [0.2, 0.25) is 15.9 Å². The van der Waals surface area contributed by atoms with Gasteiger partial charge in [0.1, 0.15) is 5.75 Å². The Bertz CT molecular complexity index is 1440. The van der Waals surface area contributed by atoms with Crippen molar-refractivity contribution in [2.24, 2.45) is 11.8 Å². The van der Waals surface area contributed by atoms with Crippen molar-refractivity contribution in [2.45, 2.75) is 172 Å². The van der Waals surface area contributed by atoms with Crippen molar-refractivity contribution in [2.75, 3.05) is 12.4 Å². The fourth-order valence-corrected chi connectivity index (χ4v) is 7.42. The highest BCUT2D eigenvalue weighted by Gasteiger charge is 2.72. The summed E-state index contributed by atoms with van der Waals surface area (Å²) in [6.45, 7) is 30.0. The number of piperidine rings is 1. The fourth-order valence-electron chi connectivity index (χ4n) is 6.34. The summed E-state index contributed by atoms with van der Waals surface area (Å²) >= 11 is 0. The highest BCUT2D eigenvalue weighted by Crippen LogP contribution is 2.67. The van der Waals surface area contributed by atoms with Crippen LogP contribution in [0, 0.1) is 11.8 Å². The largest absolute Gasteiger partial charge is 0.493 e. The molecule has 2 aromatic carbocycles. The van der Waals surface area contributed by atoms with Gasteiger partial charge in [0.05, 0.1) is 12.4 Å². The molecule has 5 rings (SSSR count). The van der Waals surface area contributed by atoms with Gasteiger partial charge in [-0.2, -0.15) is 13.2 Å². The lowest BCUT2D eigenvalue weighted by Gasteiger charge is -2.35. The van der Waals surface area contributed by atoms with Gasteiger partial charge in [-0.25, -0.2) is 13.1 Å². The molecule has 1 amide bonds. The molecule has 4 unspecified atom stereocenters. The van der Waals surface area contributed by atoms with Crippen LogP contribution in [0.25, 0.3) is 0 Å². The first-order chi connectivity index (χ1) is 26.6. The second kappa shape index (κ2) is 29.3. The minimum absolute atomic E-state index is 0.0514. The molecule has 2 saturated carbocycles. The molecule has 1 aliphatic heterocycles. The zero-order valence-corrected chi connectivity index (χ0v) is 37.9. The summed E-state index contributed by atoms with van der Waals surface area (Å²) in [7, 11) is -3.25. The van der Waals surface area contributed by atoms with Crippen LogP contribution < -0.4 is 14.8 Å². The maximum Gasteiger partial charge on any atom is 0.391 e. The van der Waals surface area contributed by atoms with E-state index in [0.717, 1.165) is 62.3 Å². The standard InChI is InChI=1S/C21H30N2O2.C11H15NO2S.C4H7F3.C3H8.3C2H6/c1-3-11-25-18-12-15(5-6-16(18)13-22-20(24)4-2)14-23-19-8-7-17-9-10-21(17,19)23;1-3-9-15(13,14)12-10(2)11-7-5-4-6-8-11;1-3(2)4(5,6)7;1-3-2;3*1-2/h5-6,12,17,19H,3-4,7-11,13-14H2,1-2H3,(H,22,24);3-8,10,12H,1,9H2,2H3;3H,1-2H3;3H2,1-2H3;3*1-2H3/t;10-;;;;;/m.1...../s1. The van der Waals surface area contributed by atoms with E-state index in [4.69, 9.17) is 4.74 Å². The van der Waals surface area contributed by atoms with Gasteiger partial charge in [0.25, 0.3) is 0 Å². The molecule has 2 aromatic rings. The topological polar surface area (TPSA) is 87.5 Å². The summed E-state index contributed by atoms with van der Waals surface area (Å²) in [6, 6.07) is 16.6. The number of amides is 1. The average Bonchev–Trinajstić information content (AvgIpc) is 3.75. The molecular weight excluding hydrogens is 736 g/mol. The van der Waals surface area contributed by atoms with Gasteiger partial charge in [0.15, 0.2) is 0 Å². The van der Waals surface area contributed by atoms with E-state index in [1.165, 1.54) is 43.7 Å². The van der Waals surface area contributed by atoms with Crippen molar-refractivity contribution in [3.05, 3.63) is 77.9 Å². The van der Waals surface area contributed by atoms with Gasteiger partial charge in [-0.05, 0) is 62.1 Å². The van der Waals surface area contributed by atoms with Crippen LogP contribution in [0.1, 0.15) is 158 Å². The van der Waals surface area contributed by atoms with Crippen molar-refractivity contribution >= 4 is 15.9 Å². The first kappa shape index (κ1) is 55.2. The van der Waals surface area contributed by atoms with Crippen molar-refractivity contribution in [1.82, 2.24) is 14.9 Å². The Morgan fingerprint density at radius 1 is 0.964 bits per heavy atom. The van der Waals surface area contributed by atoms with Crippen LogP contribution in [0.2, 0.25) is 0 Å². The number of hydrogen-bond acceptors (Lipinski definition) is 5. The highest BCUT2D eigenvalue weighted by molar-refractivity contribution is 7.89. The lowest BCUT2D eigenvalue weighted by molar-refractivity contribution is -0.164. The van der Waals surface area contributed by atoms with Gasteiger partial charge in [-0.3, -0.25) is 9.69 Å². The number of carbonyl (C=O) groups excluding carboxylic acids is 1. The van der Waals surface area contributed by atoms with Gasteiger partial charge in [-0.15, -0.1) is 6.58 Å². The molecule has 1 saturated heterocycles. The van der Waals surface area contributed by atoms with E-state index < -0.39 is 22.1 Å². The van der Waals surface area contributed by atoms with E-state index >= 15 is 0 Å². The zero-order valence-electron chi connectivity index (χ0n) is 37.1. The van der Waals surface area contributed by atoms with Crippen molar-refractivity contribution < 1.29 is 31.1 Å². The molecule has 7 nitrogen and oxygen atoms in total. The number of ether oxygens (including phenoxy) is 1. The van der Waals surface area contributed by atoms with Gasteiger partial charge < -0.3 is 10.1 Å². The Labute approximate surface area is 340 Å². The van der Waals surface area contributed by atoms with Crippen molar-refractivity contribution in [3.63, 3.8) is 0 Å². The first-order valence-electron chi connectivity index (χ1n) is 21.1. The van der Waals surface area contributed by atoms with Crippen LogP contribution in [0.4, 0.5) is 13.2 Å². The molecular formula is C45H78F3N3O4S. The highest BCUT2D eigenvalue weighted by atomic mass is 32.2. The van der Waals surface area contributed by atoms with Crippen LogP contribution in [0.5, 0.6) is 5.75 Å². The number of likely N-dealkylation sites (tertiary alicyclic amines) is 1. The predicted molar refractivity (Wildman–Crippen MR) is 231 cm³/mol. The molecule has 5 atom stereocenters. The van der Waals surface area contributed by atoms with Gasteiger partial charge in [-0.1, -0.05) is 138 Å². The van der Waals surface area contributed by atoms with Crippen LogP contribution >= 0.6 is 0 Å². The maximum absolute atomic E-state index is 11.6. The number of nitrogens with one attached hydrogen (secondary N) is 2. The SMILES string of the molecule is C=CCS(=O)(=O)N[C@H](C)c1ccccc1.CC.CC.CC.CC(C)C(F)(F)F.CCC.CCCOc1cc(CN2C3CCC4CCC432)ccc1CNC(=O)CC. The number of rotatable bonds is 13. The third-order valence-electron chi connectivity index (χ3n) is 9.20. The Hall–Kier alpha value is -2.89. The minimum Gasteiger partial charge on any atom is -0.493 e. The molecule has 1 heterocycles. The van der Waals surface area contributed by atoms with E-state index in [-0.39, 0.29) is 17.7 Å². The normalized spacial score (nSPS) is 20.0. The smallest absolute Gasteiger partial charge is 0.391 e. The Morgan fingerprint density at radius 3 is 1.98 bits per heavy atom. The Balaban J connectivity index is 0.